The highest BCUT2D eigenvalue weighted by atomic mass is 32.2. The second kappa shape index (κ2) is 5.51. The van der Waals surface area contributed by atoms with Gasteiger partial charge < -0.3 is 15.2 Å². The van der Waals surface area contributed by atoms with Crippen molar-refractivity contribution in [3.05, 3.63) is 18.2 Å². The third-order valence-electron chi connectivity index (χ3n) is 2.65. The van der Waals surface area contributed by atoms with Crippen LogP contribution in [0.2, 0.25) is 0 Å². The molecule has 17 heavy (non-hydrogen) atoms. The van der Waals surface area contributed by atoms with Gasteiger partial charge in [0.1, 0.15) is 0 Å². The number of benzene rings is 1. The van der Waals surface area contributed by atoms with Gasteiger partial charge in [0.2, 0.25) is 0 Å². The smallest absolute Gasteiger partial charge is 0.162 e. The van der Waals surface area contributed by atoms with Gasteiger partial charge in [-0.3, -0.25) is 4.21 Å². The van der Waals surface area contributed by atoms with Crippen LogP contribution in [0, 0.1) is 0 Å². The maximum atomic E-state index is 12.1. The lowest BCUT2D eigenvalue weighted by atomic mass is 10.3. The van der Waals surface area contributed by atoms with E-state index in [1.807, 2.05) is 19.1 Å². The van der Waals surface area contributed by atoms with Crippen LogP contribution in [0.15, 0.2) is 23.1 Å². The minimum Gasteiger partial charge on any atom is -0.490 e. The molecule has 0 fully saturated rings. The minimum absolute atomic E-state index is 0.0558. The number of hydrogen-bond donors (Lipinski definition) is 1. The molecule has 1 heterocycles. The molecule has 1 aliphatic rings. The van der Waals surface area contributed by atoms with E-state index in [1.54, 1.807) is 6.07 Å². The van der Waals surface area contributed by atoms with Gasteiger partial charge in [0.25, 0.3) is 0 Å². The largest absolute Gasteiger partial charge is 0.490 e. The molecule has 0 saturated heterocycles. The van der Waals surface area contributed by atoms with Gasteiger partial charge in [0.05, 0.1) is 24.0 Å². The van der Waals surface area contributed by atoms with Crippen LogP contribution in [0.3, 0.4) is 0 Å². The zero-order valence-corrected chi connectivity index (χ0v) is 10.7. The van der Waals surface area contributed by atoms with E-state index in [2.05, 4.69) is 0 Å². The van der Waals surface area contributed by atoms with E-state index in [4.69, 9.17) is 15.2 Å². The molecule has 1 aliphatic heterocycles. The molecule has 2 unspecified atom stereocenters. The molecule has 94 valence electrons. The Hall–Kier alpha value is -1.07. The summed E-state index contributed by atoms with van der Waals surface area (Å²) >= 11 is 0. The van der Waals surface area contributed by atoms with Crippen molar-refractivity contribution >= 4 is 10.8 Å². The molecule has 2 rings (SSSR count). The Morgan fingerprint density at radius 2 is 2.06 bits per heavy atom. The molecule has 0 spiro atoms. The van der Waals surface area contributed by atoms with E-state index in [9.17, 15) is 4.21 Å². The van der Waals surface area contributed by atoms with Crippen LogP contribution in [-0.4, -0.2) is 29.2 Å². The molecule has 4 nitrogen and oxygen atoms in total. The SMILES string of the molecule is CC(CN)S(=O)c1ccc2c(c1)OCCCO2. The Labute approximate surface area is 104 Å². The van der Waals surface area contributed by atoms with Crippen molar-refractivity contribution in [1.29, 1.82) is 0 Å². The highest BCUT2D eigenvalue weighted by molar-refractivity contribution is 7.85. The molecule has 0 bridgehead atoms. The van der Waals surface area contributed by atoms with E-state index in [-0.39, 0.29) is 5.25 Å². The molecule has 2 atom stereocenters. The number of nitrogens with two attached hydrogens (primary N) is 1. The first-order chi connectivity index (χ1) is 8.22. The Kier molecular flexibility index (Phi) is 4.02. The Morgan fingerprint density at radius 3 is 2.76 bits per heavy atom. The lowest BCUT2D eigenvalue weighted by molar-refractivity contribution is 0.297. The van der Waals surface area contributed by atoms with E-state index >= 15 is 0 Å². The maximum Gasteiger partial charge on any atom is 0.162 e. The van der Waals surface area contributed by atoms with Crippen LogP contribution in [0.4, 0.5) is 0 Å². The Balaban J connectivity index is 2.26. The van der Waals surface area contributed by atoms with E-state index < -0.39 is 10.8 Å². The fraction of sp³-hybridized carbons (Fsp3) is 0.500. The summed E-state index contributed by atoms with van der Waals surface area (Å²) in [6.07, 6.45) is 0.867. The highest BCUT2D eigenvalue weighted by Crippen LogP contribution is 2.31. The second-order valence-corrected chi connectivity index (χ2v) is 5.87. The summed E-state index contributed by atoms with van der Waals surface area (Å²) in [7, 11) is -1.09. The van der Waals surface area contributed by atoms with Gasteiger partial charge in [-0.2, -0.15) is 0 Å². The normalized spacial score (nSPS) is 18.2. The predicted octanol–water partition coefficient (Wildman–Crippen LogP) is 1.30. The summed E-state index contributed by atoms with van der Waals surface area (Å²) in [5.74, 6) is 1.40. The van der Waals surface area contributed by atoms with Crippen LogP contribution in [-0.2, 0) is 10.8 Å². The lowest BCUT2D eigenvalue weighted by Gasteiger charge is -2.12. The monoisotopic (exact) mass is 255 g/mol. The molecule has 2 N–H and O–H groups in total. The third-order valence-corrected chi connectivity index (χ3v) is 4.29. The quantitative estimate of drug-likeness (QED) is 0.884. The standard InChI is InChI=1S/C12H17NO3S/c1-9(8-13)17(14)10-3-4-11-12(7-10)16-6-2-5-15-11/h3-4,7,9H,2,5-6,8,13H2,1H3. The molecule has 0 amide bonds. The van der Waals surface area contributed by atoms with Crippen LogP contribution in [0.1, 0.15) is 13.3 Å². The fourth-order valence-electron chi connectivity index (χ4n) is 1.59. The number of ether oxygens (including phenoxy) is 2. The minimum atomic E-state index is -1.09. The molecule has 0 aromatic heterocycles. The summed E-state index contributed by atoms with van der Waals surface area (Å²) in [6, 6.07) is 5.43. The predicted molar refractivity (Wildman–Crippen MR) is 67.0 cm³/mol. The van der Waals surface area contributed by atoms with E-state index in [0.29, 0.717) is 25.5 Å². The van der Waals surface area contributed by atoms with Gasteiger partial charge in [0.15, 0.2) is 11.5 Å². The summed E-state index contributed by atoms with van der Waals surface area (Å²) in [4.78, 5) is 0.743. The molecule has 1 aromatic rings. The summed E-state index contributed by atoms with van der Waals surface area (Å²) < 4.78 is 23.2. The van der Waals surface area contributed by atoms with E-state index in [0.717, 1.165) is 17.1 Å². The molecule has 1 aromatic carbocycles. The molecule has 0 aliphatic carbocycles. The second-order valence-electron chi connectivity index (χ2n) is 4.00. The molecule has 0 radical (unpaired) electrons. The van der Waals surface area contributed by atoms with Gasteiger partial charge in [-0.1, -0.05) is 0 Å². The van der Waals surface area contributed by atoms with Crippen molar-refractivity contribution in [2.24, 2.45) is 5.73 Å². The van der Waals surface area contributed by atoms with Crippen LogP contribution < -0.4 is 15.2 Å². The Morgan fingerprint density at radius 1 is 1.35 bits per heavy atom. The van der Waals surface area contributed by atoms with Crippen molar-refractivity contribution in [2.75, 3.05) is 19.8 Å². The average Bonchev–Trinajstić information content (AvgIpc) is 2.61. The molecule has 0 saturated carbocycles. The van der Waals surface area contributed by atoms with Crippen molar-refractivity contribution in [3.63, 3.8) is 0 Å². The third kappa shape index (κ3) is 2.79. The highest BCUT2D eigenvalue weighted by Gasteiger charge is 2.16. The van der Waals surface area contributed by atoms with E-state index in [1.165, 1.54) is 0 Å². The van der Waals surface area contributed by atoms with Gasteiger partial charge >= 0.3 is 0 Å². The maximum absolute atomic E-state index is 12.1. The summed E-state index contributed by atoms with van der Waals surface area (Å²) in [5, 5.41) is -0.0558. The first kappa shape index (κ1) is 12.4. The number of fused-ring (bicyclic) bond motifs is 1. The number of hydrogen-bond acceptors (Lipinski definition) is 4. The van der Waals surface area contributed by atoms with Crippen molar-refractivity contribution < 1.29 is 13.7 Å². The fourth-order valence-corrected chi connectivity index (χ4v) is 2.65. The zero-order valence-electron chi connectivity index (χ0n) is 9.85. The Bertz CT molecular complexity index is 422. The molecular weight excluding hydrogens is 238 g/mol. The topological polar surface area (TPSA) is 61.6 Å². The first-order valence-corrected chi connectivity index (χ1v) is 6.94. The van der Waals surface area contributed by atoms with Crippen LogP contribution in [0.25, 0.3) is 0 Å². The van der Waals surface area contributed by atoms with Crippen LogP contribution >= 0.6 is 0 Å². The van der Waals surface area contributed by atoms with Gasteiger partial charge in [-0.05, 0) is 19.1 Å². The van der Waals surface area contributed by atoms with Gasteiger partial charge in [0, 0.05) is 29.2 Å². The summed E-state index contributed by atoms with van der Waals surface area (Å²) in [5.41, 5.74) is 5.52. The van der Waals surface area contributed by atoms with Crippen molar-refractivity contribution in [1.82, 2.24) is 0 Å². The van der Waals surface area contributed by atoms with Crippen molar-refractivity contribution in [2.45, 2.75) is 23.5 Å². The average molecular weight is 255 g/mol. The summed E-state index contributed by atoms with van der Waals surface area (Å²) in [6.45, 7) is 3.57. The van der Waals surface area contributed by atoms with Crippen LogP contribution in [0.5, 0.6) is 11.5 Å². The number of rotatable bonds is 3. The molecule has 5 heteroatoms. The van der Waals surface area contributed by atoms with Gasteiger partial charge in [-0.15, -0.1) is 0 Å². The van der Waals surface area contributed by atoms with Crippen molar-refractivity contribution in [3.8, 4) is 11.5 Å². The first-order valence-electron chi connectivity index (χ1n) is 5.72. The molecular formula is C12H17NO3S. The van der Waals surface area contributed by atoms with Gasteiger partial charge in [-0.25, -0.2) is 0 Å². The zero-order chi connectivity index (χ0) is 12.3. The lowest BCUT2D eigenvalue weighted by Crippen LogP contribution is -2.21.